The van der Waals surface area contributed by atoms with Crippen LogP contribution >= 0.6 is 24.0 Å². The Morgan fingerprint density at radius 1 is 1.17 bits per heavy atom. The first-order chi connectivity index (χ1) is 11.2. The number of hydrogen-bond acceptors (Lipinski definition) is 4. The van der Waals surface area contributed by atoms with Crippen molar-refractivity contribution >= 4 is 30.2 Å². The minimum atomic E-state index is -0.299. The lowest BCUT2D eigenvalue weighted by atomic mass is 10.2. The lowest BCUT2D eigenvalue weighted by Crippen LogP contribution is -1.95. The predicted octanol–water partition coefficient (Wildman–Crippen LogP) is 4.35. The Morgan fingerprint density at radius 2 is 1.87 bits per heavy atom. The molecule has 23 heavy (non-hydrogen) atoms. The molecule has 0 aliphatic heterocycles. The van der Waals surface area contributed by atoms with Crippen molar-refractivity contribution in [2.45, 2.75) is 4.90 Å². The first-order valence-corrected chi connectivity index (χ1v) is 8.42. The molecule has 7 heteroatoms. The Kier molecular flexibility index (Phi) is 4.68. The number of hydrogen-bond donors (Lipinski definition) is 1. The van der Waals surface area contributed by atoms with Crippen LogP contribution < -0.4 is 0 Å². The van der Waals surface area contributed by atoms with Gasteiger partial charge in [-0.25, -0.2) is 9.49 Å². The van der Waals surface area contributed by atoms with Gasteiger partial charge in [-0.1, -0.05) is 12.1 Å². The number of nitrogens with one attached hydrogen (secondary N) is 1. The predicted molar refractivity (Wildman–Crippen MR) is 94.0 cm³/mol. The van der Waals surface area contributed by atoms with Crippen LogP contribution in [0.25, 0.3) is 11.4 Å². The number of nitrogens with zero attached hydrogens (tertiary/aromatic N) is 3. The van der Waals surface area contributed by atoms with Gasteiger partial charge in [0.15, 0.2) is 5.82 Å². The molecule has 2 aromatic carbocycles. The molecule has 0 bridgehead atoms. The highest BCUT2D eigenvalue weighted by Gasteiger charge is 2.08. The number of H-pyrrole nitrogens is 1. The molecule has 3 rings (SSSR count). The zero-order valence-corrected chi connectivity index (χ0v) is 13.9. The summed E-state index contributed by atoms with van der Waals surface area (Å²) in [6.07, 6.45) is 3.74. The third kappa shape index (κ3) is 3.57. The van der Waals surface area contributed by atoms with Crippen molar-refractivity contribution in [3.8, 4) is 11.4 Å². The van der Waals surface area contributed by atoms with Crippen LogP contribution in [0.15, 0.2) is 58.5 Å². The van der Waals surface area contributed by atoms with Crippen LogP contribution in [0.2, 0.25) is 0 Å². The maximum Gasteiger partial charge on any atom is 0.216 e. The van der Waals surface area contributed by atoms with E-state index in [2.05, 4.69) is 15.3 Å². The summed E-state index contributed by atoms with van der Waals surface area (Å²) in [5.41, 5.74) is 1.68. The Morgan fingerprint density at radius 3 is 2.52 bits per heavy atom. The van der Waals surface area contributed by atoms with E-state index in [9.17, 15) is 4.39 Å². The summed E-state index contributed by atoms with van der Waals surface area (Å²) in [4.78, 5) is 1.19. The fourth-order valence-corrected chi connectivity index (χ4v) is 2.59. The standard InChI is InChI=1S/C16H13FN4S2/c1-23-14-8-2-11(3-9-14)10-18-21-15(19-20-16(21)22)12-4-6-13(17)7-5-12/h2-10H,1H3,(H,20,22)/b18-10-. The van der Waals surface area contributed by atoms with Gasteiger partial charge in [0, 0.05) is 10.5 Å². The smallest absolute Gasteiger partial charge is 0.216 e. The molecular formula is C16H13FN4S2. The van der Waals surface area contributed by atoms with Gasteiger partial charge in [-0.3, -0.25) is 0 Å². The van der Waals surface area contributed by atoms with E-state index in [1.54, 1.807) is 30.1 Å². The highest BCUT2D eigenvalue weighted by molar-refractivity contribution is 7.98. The Hall–Kier alpha value is -2.25. The molecule has 0 fully saturated rings. The van der Waals surface area contributed by atoms with E-state index in [0.717, 1.165) is 11.1 Å². The van der Waals surface area contributed by atoms with Crippen molar-refractivity contribution < 1.29 is 4.39 Å². The lowest BCUT2D eigenvalue weighted by molar-refractivity contribution is 0.628. The SMILES string of the molecule is CSc1ccc(/C=N\n2c(-c3ccc(F)cc3)n[nH]c2=S)cc1. The van der Waals surface area contributed by atoms with Crippen LogP contribution in [0.4, 0.5) is 4.39 Å². The molecule has 0 amide bonds. The van der Waals surface area contributed by atoms with E-state index in [1.165, 1.54) is 21.7 Å². The van der Waals surface area contributed by atoms with Crippen LogP contribution in [-0.4, -0.2) is 27.3 Å². The maximum atomic E-state index is 13.1. The Labute approximate surface area is 142 Å². The molecule has 0 unspecified atom stereocenters. The van der Waals surface area contributed by atoms with E-state index in [4.69, 9.17) is 12.2 Å². The van der Waals surface area contributed by atoms with Crippen LogP contribution in [0.1, 0.15) is 5.56 Å². The second-order valence-electron chi connectivity index (χ2n) is 4.69. The zero-order chi connectivity index (χ0) is 16.2. The van der Waals surface area contributed by atoms with Crippen LogP contribution in [0.3, 0.4) is 0 Å². The van der Waals surface area contributed by atoms with E-state index in [1.807, 2.05) is 30.5 Å². The molecule has 0 saturated carbocycles. The second kappa shape index (κ2) is 6.89. The summed E-state index contributed by atoms with van der Waals surface area (Å²) in [5, 5.41) is 11.3. The summed E-state index contributed by atoms with van der Waals surface area (Å²) < 4.78 is 14.9. The summed E-state index contributed by atoms with van der Waals surface area (Å²) in [7, 11) is 0. The highest BCUT2D eigenvalue weighted by atomic mass is 32.2. The minimum absolute atomic E-state index is 0.299. The molecule has 0 radical (unpaired) electrons. The lowest BCUT2D eigenvalue weighted by Gasteiger charge is -2.01. The monoisotopic (exact) mass is 344 g/mol. The fraction of sp³-hybridized carbons (Fsp3) is 0.0625. The molecule has 4 nitrogen and oxygen atoms in total. The fourth-order valence-electron chi connectivity index (χ4n) is 2.00. The molecule has 0 spiro atoms. The van der Waals surface area contributed by atoms with Gasteiger partial charge in [0.25, 0.3) is 0 Å². The number of rotatable bonds is 4. The maximum absolute atomic E-state index is 13.1. The van der Waals surface area contributed by atoms with Gasteiger partial charge in [-0.15, -0.1) is 11.8 Å². The van der Waals surface area contributed by atoms with Crippen LogP contribution in [0, 0.1) is 10.6 Å². The van der Waals surface area contributed by atoms with Crippen molar-refractivity contribution in [1.82, 2.24) is 14.9 Å². The minimum Gasteiger partial charge on any atom is -0.250 e. The summed E-state index contributed by atoms with van der Waals surface area (Å²) in [6.45, 7) is 0. The van der Waals surface area contributed by atoms with E-state index >= 15 is 0 Å². The van der Waals surface area contributed by atoms with Gasteiger partial charge in [0.1, 0.15) is 5.82 Å². The molecule has 1 aromatic heterocycles. The molecule has 0 aliphatic rings. The van der Waals surface area contributed by atoms with E-state index < -0.39 is 0 Å². The highest BCUT2D eigenvalue weighted by Crippen LogP contribution is 2.18. The first-order valence-electron chi connectivity index (χ1n) is 6.79. The summed E-state index contributed by atoms with van der Waals surface area (Å²) >= 11 is 6.89. The van der Waals surface area contributed by atoms with E-state index in [0.29, 0.717) is 10.6 Å². The summed E-state index contributed by atoms with van der Waals surface area (Å²) in [6, 6.07) is 14.1. The van der Waals surface area contributed by atoms with Crippen molar-refractivity contribution in [2.24, 2.45) is 5.10 Å². The van der Waals surface area contributed by atoms with Gasteiger partial charge in [-0.2, -0.15) is 14.9 Å². The molecule has 0 aliphatic carbocycles. The van der Waals surface area contributed by atoms with Crippen molar-refractivity contribution in [2.75, 3.05) is 6.26 Å². The molecule has 0 atom stereocenters. The first kappa shape index (κ1) is 15.6. The Balaban J connectivity index is 1.93. The molecule has 116 valence electrons. The molecule has 3 aromatic rings. The number of thioether (sulfide) groups is 1. The number of aromatic nitrogens is 3. The quantitative estimate of drug-likeness (QED) is 0.435. The molecule has 0 saturated heterocycles. The zero-order valence-electron chi connectivity index (χ0n) is 12.2. The molecule has 1 N–H and O–H groups in total. The van der Waals surface area contributed by atoms with E-state index in [-0.39, 0.29) is 5.82 Å². The third-order valence-electron chi connectivity index (χ3n) is 3.19. The molecular weight excluding hydrogens is 331 g/mol. The average molecular weight is 344 g/mol. The van der Waals surface area contributed by atoms with Gasteiger partial charge < -0.3 is 0 Å². The van der Waals surface area contributed by atoms with Crippen molar-refractivity contribution in [1.29, 1.82) is 0 Å². The average Bonchev–Trinajstić information content (AvgIpc) is 2.95. The normalized spacial score (nSPS) is 11.2. The van der Waals surface area contributed by atoms with Crippen molar-refractivity contribution in [3.05, 3.63) is 64.7 Å². The second-order valence-corrected chi connectivity index (χ2v) is 5.96. The third-order valence-corrected chi connectivity index (χ3v) is 4.20. The number of halogens is 1. The van der Waals surface area contributed by atoms with Crippen LogP contribution in [0.5, 0.6) is 0 Å². The summed E-state index contributed by atoms with van der Waals surface area (Å²) in [5.74, 6) is 0.235. The van der Waals surface area contributed by atoms with Gasteiger partial charge in [-0.05, 0) is 60.4 Å². The number of aromatic amines is 1. The van der Waals surface area contributed by atoms with Crippen molar-refractivity contribution in [3.63, 3.8) is 0 Å². The van der Waals surface area contributed by atoms with Crippen LogP contribution in [-0.2, 0) is 0 Å². The van der Waals surface area contributed by atoms with Gasteiger partial charge in [0.05, 0.1) is 6.21 Å². The van der Waals surface area contributed by atoms with Gasteiger partial charge in [0.2, 0.25) is 4.77 Å². The topological polar surface area (TPSA) is 46.0 Å². The number of benzene rings is 2. The molecule has 1 heterocycles. The largest absolute Gasteiger partial charge is 0.250 e. The Bertz CT molecular complexity index is 880. The van der Waals surface area contributed by atoms with Gasteiger partial charge >= 0.3 is 0 Å².